The summed E-state index contributed by atoms with van der Waals surface area (Å²) in [6, 6.07) is 11.1. The van der Waals surface area contributed by atoms with Gasteiger partial charge in [0.25, 0.3) is 0 Å². The maximum atomic E-state index is 9.92. The third-order valence-corrected chi connectivity index (χ3v) is 5.71. The quantitative estimate of drug-likeness (QED) is 0.770. The molecule has 5 nitrogen and oxygen atoms in total. The fourth-order valence-corrected chi connectivity index (χ4v) is 4.18. The van der Waals surface area contributed by atoms with E-state index in [0.717, 1.165) is 56.1 Å². The highest BCUT2D eigenvalue weighted by atomic mass is 15.3. The van der Waals surface area contributed by atoms with Crippen molar-refractivity contribution < 1.29 is 0 Å². The van der Waals surface area contributed by atoms with E-state index in [2.05, 4.69) is 52.0 Å². The molecule has 2 fully saturated rings. The van der Waals surface area contributed by atoms with Crippen molar-refractivity contribution >= 4 is 5.69 Å². The number of hydrogen-bond acceptors (Lipinski definition) is 5. The monoisotopic (exact) mass is 375 g/mol. The first kappa shape index (κ1) is 18.9. The Morgan fingerprint density at radius 2 is 1.96 bits per heavy atom. The number of nitriles is 1. The molecule has 28 heavy (non-hydrogen) atoms. The van der Waals surface area contributed by atoms with Crippen molar-refractivity contribution in [1.82, 2.24) is 15.1 Å². The maximum Gasteiger partial charge on any atom is 0.102 e. The molecular weight excluding hydrogens is 346 g/mol. The van der Waals surface area contributed by atoms with Crippen LogP contribution in [0.5, 0.6) is 0 Å². The number of aromatic nitrogens is 2. The Balaban J connectivity index is 1.52. The molecule has 0 spiro atoms. The van der Waals surface area contributed by atoms with Gasteiger partial charge in [-0.15, -0.1) is 0 Å². The van der Waals surface area contributed by atoms with Gasteiger partial charge in [-0.2, -0.15) is 15.5 Å². The molecule has 0 N–H and O–H groups in total. The fraction of sp³-hybridized carbons (Fsp3) is 0.522. The van der Waals surface area contributed by atoms with E-state index in [0.29, 0.717) is 11.8 Å². The average molecular weight is 376 g/mol. The summed E-state index contributed by atoms with van der Waals surface area (Å²) >= 11 is 0. The summed E-state index contributed by atoms with van der Waals surface area (Å²) < 4.78 is 0. The van der Waals surface area contributed by atoms with Crippen LogP contribution in [0.1, 0.15) is 55.0 Å². The Kier molecular flexibility index (Phi) is 5.59. The lowest BCUT2D eigenvalue weighted by molar-refractivity contribution is 0.246. The summed E-state index contributed by atoms with van der Waals surface area (Å²) in [6.07, 6.45) is 5.24. The van der Waals surface area contributed by atoms with Gasteiger partial charge in [0.15, 0.2) is 0 Å². The van der Waals surface area contributed by atoms with Crippen LogP contribution in [-0.4, -0.2) is 41.3 Å². The van der Waals surface area contributed by atoms with Gasteiger partial charge in [-0.3, -0.25) is 4.90 Å². The molecule has 0 atom stereocenters. The lowest BCUT2D eigenvalue weighted by Crippen LogP contribution is -2.46. The smallest absolute Gasteiger partial charge is 0.102 e. The minimum Gasteiger partial charge on any atom is -0.368 e. The van der Waals surface area contributed by atoms with E-state index >= 15 is 0 Å². The standard InChI is InChI=1S/C23H29N5/c1-17(2)12-18-13-21(19-5-6-19)22(15-24)23(14-18)28-10-8-27(9-11-28)16-20-4-3-7-25-26-20/h3-4,7,13-14,17,19H,5-6,8-12,16H2,1-2H3. The summed E-state index contributed by atoms with van der Waals surface area (Å²) in [5.74, 6) is 1.22. The van der Waals surface area contributed by atoms with E-state index in [1.807, 2.05) is 12.1 Å². The predicted molar refractivity (Wildman–Crippen MR) is 111 cm³/mol. The average Bonchev–Trinajstić information content (AvgIpc) is 3.53. The largest absolute Gasteiger partial charge is 0.368 e. The molecule has 0 amide bonds. The number of anilines is 1. The van der Waals surface area contributed by atoms with Gasteiger partial charge in [-0.1, -0.05) is 19.9 Å². The lowest BCUT2D eigenvalue weighted by Gasteiger charge is -2.36. The van der Waals surface area contributed by atoms with Crippen LogP contribution in [0.2, 0.25) is 0 Å². The van der Waals surface area contributed by atoms with Crippen LogP contribution in [0.3, 0.4) is 0 Å². The zero-order valence-electron chi connectivity index (χ0n) is 16.9. The second-order valence-corrected chi connectivity index (χ2v) is 8.54. The molecular formula is C23H29N5. The SMILES string of the molecule is CC(C)Cc1cc(C2CC2)c(C#N)c(N2CCN(Cc3cccnn3)CC2)c1. The fourth-order valence-electron chi connectivity index (χ4n) is 4.18. The van der Waals surface area contributed by atoms with Crippen molar-refractivity contribution in [2.45, 2.75) is 45.6 Å². The van der Waals surface area contributed by atoms with E-state index in [1.54, 1.807) is 6.20 Å². The third kappa shape index (κ3) is 4.34. The molecule has 1 aromatic heterocycles. The van der Waals surface area contributed by atoms with E-state index in [1.165, 1.54) is 24.0 Å². The first-order chi connectivity index (χ1) is 13.6. The summed E-state index contributed by atoms with van der Waals surface area (Å²) in [7, 11) is 0. The number of piperazine rings is 1. The van der Waals surface area contributed by atoms with Gasteiger partial charge >= 0.3 is 0 Å². The van der Waals surface area contributed by atoms with Crippen molar-refractivity contribution in [1.29, 1.82) is 5.26 Å². The third-order valence-electron chi connectivity index (χ3n) is 5.71. The molecule has 2 heterocycles. The van der Waals surface area contributed by atoms with Gasteiger partial charge < -0.3 is 4.90 Å². The molecule has 146 valence electrons. The van der Waals surface area contributed by atoms with Crippen LogP contribution in [0.15, 0.2) is 30.5 Å². The Morgan fingerprint density at radius 1 is 1.18 bits per heavy atom. The molecule has 2 aromatic rings. The molecule has 1 saturated heterocycles. The molecule has 5 heteroatoms. The van der Waals surface area contributed by atoms with Crippen LogP contribution in [0, 0.1) is 17.2 Å². The van der Waals surface area contributed by atoms with Crippen molar-refractivity contribution in [2.24, 2.45) is 5.92 Å². The first-order valence-electron chi connectivity index (χ1n) is 10.4. The summed E-state index contributed by atoms with van der Waals surface area (Å²) in [5, 5.41) is 18.1. The van der Waals surface area contributed by atoms with Gasteiger partial charge in [-0.05, 0) is 60.4 Å². The summed E-state index contributed by atoms with van der Waals surface area (Å²) in [4.78, 5) is 4.84. The normalized spacial score (nSPS) is 17.7. The maximum absolute atomic E-state index is 9.92. The molecule has 0 radical (unpaired) electrons. The van der Waals surface area contributed by atoms with Crippen molar-refractivity contribution in [3.8, 4) is 6.07 Å². The molecule has 1 aliphatic carbocycles. The molecule has 0 bridgehead atoms. The highest BCUT2D eigenvalue weighted by Gasteiger charge is 2.30. The second kappa shape index (κ2) is 8.28. The minimum absolute atomic E-state index is 0.596. The number of nitrogens with zero attached hydrogens (tertiary/aromatic N) is 5. The van der Waals surface area contributed by atoms with Crippen LogP contribution in [-0.2, 0) is 13.0 Å². The zero-order valence-corrected chi connectivity index (χ0v) is 16.9. The van der Waals surface area contributed by atoms with Gasteiger partial charge in [0, 0.05) is 38.9 Å². The van der Waals surface area contributed by atoms with E-state index < -0.39 is 0 Å². The van der Waals surface area contributed by atoms with Crippen molar-refractivity contribution in [3.63, 3.8) is 0 Å². The minimum atomic E-state index is 0.596. The van der Waals surface area contributed by atoms with Gasteiger partial charge in [-0.25, -0.2) is 0 Å². The number of hydrogen-bond donors (Lipinski definition) is 0. The van der Waals surface area contributed by atoms with Crippen LogP contribution >= 0.6 is 0 Å². The van der Waals surface area contributed by atoms with E-state index in [-0.39, 0.29) is 0 Å². The summed E-state index contributed by atoms with van der Waals surface area (Å²) in [5.41, 5.74) is 5.76. The van der Waals surface area contributed by atoms with Crippen molar-refractivity contribution in [3.05, 3.63) is 52.8 Å². The second-order valence-electron chi connectivity index (χ2n) is 8.54. The highest BCUT2D eigenvalue weighted by molar-refractivity contribution is 5.65. The highest BCUT2D eigenvalue weighted by Crippen LogP contribution is 2.44. The first-order valence-corrected chi connectivity index (χ1v) is 10.4. The number of rotatable bonds is 6. The Bertz CT molecular complexity index is 843. The van der Waals surface area contributed by atoms with Gasteiger partial charge in [0.1, 0.15) is 6.07 Å². The van der Waals surface area contributed by atoms with Gasteiger partial charge in [0.05, 0.1) is 16.9 Å². The molecule has 0 unspecified atom stereocenters. The lowest BCUT2D eigenvalue weighted by atomic mass is 9.93. The van der Waals surface area contributed by atoms with E-state index in [4.69, 9.17) is 0 Å². The topological polar surface area (TPSA) is 56.1 Å². The summed E-state index contributed by atoms with van der Waals surface area (Å²) in [6.45, 7) is 9.23. The van der Waals surface area contributed by atoms with Crippen molar-refractivity contribution in [2.75, 3.05) is 31.1 Å². The molecule has 4 rings (SSSR count). The molecule has 1 saturated carbocycles. The molecule has 1 aliphatic heterocycles. The van der Waals surface area contributed by atoms with Crippen LogP contribution in [0.25, 0.3) is 0 Å². The predicted octanol–water partition coefficient (Wildman–Crippen LogP) is 3.75. The van der Waals surface area contributed by atoms with Crippen LogP contribution < -0.4 is 4.90 Å². The Hall–Kier alpha value is -2.45. The zero-order chi connectivity index (χ0) is 19.5. The molecule has 1 aromatic carbocycles. The Labute approximate surface area is 168 Å². The molecule has 2 aliphatic rings. The van der Waals surface area contributed by atoms with Gasteiger partial charge in [0.2, 0.25) is 0 Å². The van der Waals surface area contributed by atoms with E-state index in [9.17, 15) is 5.26 Å². The number of benzene rings is 1. The van der Waals surface area contributed by atoms with Crippen LogP contribution in [0.4, 0.5) is 5.69 Å². The Morgan fingerprint density at radius 3 is 2.57 bits per heavy atom.